The molecular formula is C30H40N6OS. The first-order valence-corrected chi connectivity index (χ1v) is 14.2. The van der Waals surface area contributed by atoms with Gasteiger partial charge < -0.3 is 24.4 Å². The van der Waals surface area contributed by atoms with Gasteiger partial charge in [-0.15, -0.1) is 0 Å². The third kappa shape index (κ3) is 5.30. The van der Waals surface area contributed by atoms with Crippen LogP contribution in [0.2, 0.25) is 0 Å². The number of rotatable bonds is 9. The minimum atomic E-state index is -0.00705. The number of thiocarbonyl (C=S) groups is 1. The largest absolute Gasteiger partial charge is 0.379 e. The molecule has 0 radical (unpaired) electrons. The number of aryl methyl sites for hydroxylation is 1. The van der Waals surface area contributed by atoms with Crippen molar-refractivity contribution in [2.75, 3.05) is 57.4 Å². The minimum absolute atomic E-state index is 0.00705. The molecule has 2 aromatic heterocycles. The normalized spacial score (nSPS) is 20.1. The van der Waals surface area contributed by atoms with Gasteiger partial charge in [-0.05, 0) is 87.9 Å². The lowest BCUT2D eigenvalue weighted by atomic mass is 9.96. The SMILES string of the molecule is CCN(CC)c1ccc(-n2c(C)cc([C@@H]3[C@@H](c4ccccn4)NC(=S)N3CCN3CCOCC3)c2C)cc1. The summed E-state index contributed by atoms with van der Waals surface area (Å²) in [5.74, 6) is 0. The molecular weight excluding hydrogens is 492 g/mol. The maximum atomic E-state index is 5.93. The predicted octanol–water partition coefficient (Wildman–Crippen LogP) is 4.64. The number of hydrogen-bond donors (Lipinski definition) is 1. The van der Waals surface area contributed by atoms with E-state index >= 15 is 0 Å². The molecule has 3 aromatic rings. The maximum absolute atomic E-state index is 5.93. The van der Waals surface area contributed by atoms with E-state index in [-0.39, 0.29) is 12.1 Å². The van der Waals surface area contributed by atoms with E-state index in [9.17, 15) is 0 Å². The first-order valence-electron chi connectivity index (χ1n) is 13.8. The Bertz CT molecular complexity index is 1220. The second-order valence-corrected chi connectivity index (χ2v) is 10.5. The Balaban J connectivity index is 1.49. The number of hydrogen-bond acceptors (Lipinski definition) is 5. The molecule has 2 fully saturated rings. The van der Waals surface area contributed by atoms with Crippen LogP contribution in [-0.2, 0) is 4.74 Å². The monoisotopic (exact) mass is 532 g/mol. The molecule has 1 N–H and O–H groups in total. The van der Waals surface area contributed by atoms with Gasteiger partial charge in [0, 0.05) is 68.2 Å². The van der Waals surface area contributed by atoms with Crippen molar-refractivity contribution in [3.8, 4) is 5.69 Å². The van der Waals surface area contributed by atoms with Crippen LogP contribution >= 0.6 is 12.2 Å². The topological polar surface area (TPSA) is 48.8 Å². The van der Waals surface area contributed by atoms with Gasteiger partial charge in [0.15, 0.2) is 5.11 Å². The molecule has 0 bridgehead atoms. The Morgan fingerprint density at radius 1 is 1.03 bits per heavy atom. The van der Waals surface area contributed by atoms with Gasteiger partial charge in [-0.1, -0.05) is 6.07 Å². The van der Waals surface area contributed by atoms with Crippen LogP contribution in [0.4, 0.5) is 5.69 Å². The van der Waals surface area contributed by atoms with Gasteiger partial charge in [-0.25, -0.2) is 0 Å². The number of ether oxygens (including phenoxy) is 1. The Hall–Kier alpha value is -2.94. The standard InChI is InChI=1S/C30H40N6OS/c1-5-34(6-2)24-10-12-25(13-11-24)36-22(3)21-26(23(36)4)29-28(27-9-7-8-14-31-27)32-30(38)35(29)16-15-33-17-19-37-20-18-33/h7-14,21,28-29H,5-6,15-20H2,1-4H3,(H,32,38)/t28-,29-/m1/s1. The average Bonchev–Trinajstić information content (AvgIpc) is 3.44. The Morgan fingerprint density at radius 2 is 1.76 bits per heavy atom. The van der Waals surface area contributed by atoms with Crippen LogP contribution in [0, 0.1) is 13.8 Å². The lowest BCUT2D eigenvalue weighted by molar-refractivity contribution is 0.0350. The molecule has 4 heterocycles. The van der Waals surface area contributed by atoms with E-state index in [1.807, 2.05) is 12.3 Å². The highest BCUT2D eigenvalue weighted by molar-refractivity contribution is 7.80. The molecule has 202 valence electrons. The number of morpholine rings is 1. The van der Waals surface area contributed by atoms with Crippen LogP contribution in [0.15, 0.2) is 54.7 Å². The molecule has 0 aliphatic carbocycles. The lowest BCUT2D eigenvalue weighted by Gasteiger charge is -2.32. The zero-order chi connectivity index (χ0) is 26.6. The Morgan fingerprint density at radius 3 is 2.42 bits per heavy atom. The quantitative estimate of drug-likeness (QED) is 0.403. The summed E-state index contributed by atoms with van der Waals surface area (Å²) in [6.45, 7) is 16.2. The van der Waals surface area contributed by atoms with Gasteiger partial charge in [0.05, 0.1) is 31.0 Å². The van der Waals surface area contributed by atoms with Crippen LogP contribution in [0.3, 0.4) is 0 Å². The van der Waals surface area contributed by atoms with E-state index in [1.54, 1.807) is 0 Å². The molecule has 0 saturated carbocycles. The van der Waals surface area contributed by atoms with Crippen molar-refractivity contribution in [3.63, 3.8) is 0 Å². The molecule has 0 spiro atoms. The average molecular weight is 533 g/mol. The van der Waals surface area contributed by atoms with E-state index in [0.717, 1.165) is 63.3 Å². The second kappa shape index (κ2) is 11.8. The van der Waals surface area contributed by atoms with Gasteiger partial charge in [0.2, 0.25) is 0 Å². The Labute approximate surface area is 232 Å². The summed E-state index contributed by atoms with van der Waals surface area (Å²) in [6, 6.07) is 17.5. The number of nitrogens with one attached hydrogen (secondary N) is 1. The van der Waals surface area contributed by atoms with E-state index in [0.29, 0.717) is 0 Å². The molecule has 2 saturated heterocycles. The van der Waals surface area contributed by atoms with Crippen molar-refractivity contribution < 1.29 is 4.74 Å². The smallest absolute Gasteiger partial charge is 0.170 e. The summed E-state index contributed by atoms with van der Waals surface area (Å²) >= 11 is 5.93. The van der Waals surface area contributed by atoms with E-state index in [2.05, 4.69) is 94.7 Å². The molecule has 0 unspecified atom stereocenters. The number of aromatic nitrogens is 2. The molecule has 2 aliphatic rings. The summed E-state index contributed by atoms with van der Waals surface area (Å²) in [5.41, 5.74) is 7.22. The first kappa shape index (κ1) is 26.7. The number of benzene rings is 1. The fraction of sp³-hybridized carbons (Fsp3) is 0.467. The van der Waals surface area contributed by atoms with Crippen molar-refractivity contribution in [2.45, 2.75) is 39.8 Å². The number of pyridine rings is 1. The molecule has 2 aliphatic heterocycles. The van der Waals surface area contributed by atoms with Gasteiger partial charge >= 0.3 is 0 Å². The highest BCUT2D eigenvalue weighted by Gasteiger charge is 2.41. The fourth-order valence-electron chi connectivity index (χ4n) is 5.94. The van der Waals surface area contributed by atoms with Crippen molar-refractivity contribution in [1.82, 2.24) is 24.7 Å². The van der Waals surface area contributed by atoms with Crippen molar-refractivity contribution in [1.29, 1.82) is 0 Å². The summed E-state index contributed by atoms with van der Waals surface area (Å²) in [6.07, 6.45) is 1.87. The zero-order valence-electron chi connectivity index (χ0n) is 23.1. The zero-order valence-corrected chi connectivity index (χ0v) is 23.9. The van der Waals surface area contributed by atoms with Crippen molar-refractivity contribution in [3.05, 3.63) is 77.4 Å². The number of anilines is 1. The lowest BCUT2D eigenvalue weighted by Crippen LogP contribution is -2.42. The molecule has 5 rings (SSSR count). The van der Waals surface area contributed by atoms with E-state index in [1.165, 1.54) is 28.3 Å². The van der Waals surface area contributed by atoms with Gasteiger partial charge in [-0.2, -0.15) is 0 Å². The summed E-state index contributed by atoms with van der Waals surface area (Å²) in [5, 5.41) is 4.42. The Kier molecular flexibility index (Phi) is 8.31. The fourth-order valence-corrected chi connectivity index (χ4v) is 6.28. The van der Waals surface area contributed by atoms with Crippen LogP contribution in [0.25, 0.3) is 5.69 Å². The molecule has 0 amide bonds. The third-order valence-corrected chi connectivity index (χ3v) is 8.34. The van der Waals surface area contributed by atoms with Crippen molar-refractivity contribution >= 4 is 23.0 Å². The molecule has 2 atom stereocenters. The van der Waals surface area contributed by atoms with Crippen molar-refractivity contribution in [2.24, 2.45) is 0 Å². The molecule has 8 heteroatoms. The molecule has 1 aromatic carbocycles. The third-order valence-electron chi connectivity index (χ3n) is 7.98. The highest BCUT2D eigenvalue weighted by Crippen LogP contribution is 2.41. The second-order valence-electron chi connectivity index (χ2n) is 10.1. The summed E-state index contributed by atoms with van der Waals surface area (Å²) in [4.78, 5) is 11.9. The van der Waals surface area contributed by atoms with Crippen LogP contribution in [-0.4, -0.2) is 76.9 Å². The number of nitrogens with zero attached hydrogens (tertiary/aromatic N) is 5. The van der Waals surface area contributed by atoms with Crippen LogP contribution in [0.5, 0.6) is 0 Å². The van der Waals surface area contributed by atoms with Crippen LogP contribution in [0.1, 0.15) is 48.6 Å². The molecule has 7 nitrogen and oxygen atoms in total. The minimum Gasteiger partial charge on any atom is -0.379 e. The van der Waals surface area contributed by atoms with E-state index in [4.69, 9.17) is 21.9 Å². The predicted molar refractivity (Wildman–Crippen MR) is 158 cm³/mol. The molecule has 38 heavy (non-hydrogen) atoms. The van der Waals surface area contributed by atoms with E-state index < -0.39 is 0 Å². The first-order chi connectivity index (χ1) is 18.5. The summed E-state index contributed by atoms with van der Waals surface area (Å²) in [7, 11) is 0. The van der Waals surface area contributed by atoms with Crippen LogP contribution < -0.4 is 10.2 Å². The highest BCUT2D eigenvalue weighted by atomic mass is 32.1. The van der Waals surface area contributed by atoms with Gasteiger partial charge in [0.25, 0.3) is 0 Å². The summed E-state index contributed by atoms with van der Waals surface area (Å²) < 4.78 is 7.93. The van der Waals surface area contributed by atoms with Gasteiger partial charge in [-0.3, -0.25) is 9.88 Å². The van der Waals surface area contributed by atoms with Gasteiger partial charge in [0.1, 0.15) is 0 Å². The maximum Gasteiger partial charge on any atom is 0.170 e.